The summed E-state index contributed by atoms with van der Waals surface area (Å²) in [7, 11) is 2.94. The van der Waals surface area contributed by atoms with Gasteiger partial charge in [0.1, 0.15) is 17.5 Å². The molecule has 0 saturated carbocycles. The number of methoxy groups -OCH3 is 2. The number of amides is 1. The summed E-state index contributed by atoms with van der Waals surface area (Å²) in [5.41, 5.74) is 0.277. The lowest BCUT2D eigenvalue weighted by Gasteiger charge is -2.11. The Morgan fingerprint density at radius 3 is 2.06 bits per heavy atom. The number of rotatable bonds is 5. The third-order valence-corrected chi connectivity index (χ3v) is 2.33. The van der Waals surface area contributed by atoms with Gasteiger partial charge in [-0.1, -0.05) is 0 Å². The molecule has 1 rings (SSSR count). The molecule has 0 aromatic heterocycles. The van der Waals surface area contributed by atoms with Crippen molar-refractivity contribution >= 4 is 11.9 Å². The highest BCUT2D eigenvalue weighted by Crippen LogP contribution is 2.22. The van der Waals surface area contributed by atoms with Gasteiger partial charge in [-0.3, -0.25) is 9.59 Å². The number of benzene rings is 1. The summed E-state index contributed by atoms with van der Waals surface area (Å²) < 4.78 is 10.0. The van der Waals surface area contributed by atoms with E-state index >= 15 is 0 Å². The number of hydrogen-bond donors (Lipinski definition) is 2. The van der Waals surface area contributed by atoms with E-state index in [1.165, 1.54) is 33.3 Å². The molecule has 0 heterocycles. The highest BCUT2D eigenvalue weighted by molar-refractivity contribution is 5.97. The van der Waals surface area contributed by atoms with Crippen LogP contribution in [0.15, 0.2) is 18.2 Å². The fourth-order valence-electron chi connectivity index (χ4n) is 1.28. The number of carboxylic acids is 1. The van der Waals surface area contributed by atoms with Crippen molar-refractivity contribution in [3.63, 3.8) is 0 Å². The van der Waals surface area contributed by atoms with E-state index in [1.54, 1.807) is 6.07 Å². The van der Waals surface area contributed by atoms with Gasteiger partial charge in [0.25, 0.3) is 5.91 Å². The Morgan fingerprint density at radius 2 is 1.67 bits per heavy atom. The topological polar surface area (TPSA) is 84.9 Å². The Morgan fingerprint density at radius 1 is 1.17 bits per heavy atom. The molecular formula is C12H15NO5. The number of carbonyl (C=O) groups is 2. The summed E-state index contributed by atoms with van der Waals surface area (Å²) in [6.45, 7) is 1.39. The lowest BCUT2D eigenvalue weighted by atomic mass is 10.1. The maximum atomic E-state index is 11.8. The SMILES string of the molecule is COc1cc(OC)cc(C(=O)NC(C)C(=O)O)c1. The Kier molecular flexibility index (Phi) is 4.53. The van der Waals surface area contributed by atoms with Gasteiger partial charge in [0.2, 0.25) is 0 Å². The first-order valence-electron chi connectivity index (χ1n) is 5.24. The average Bonchev–Trinajstić information content (AvgIpc) is 2.37. The zero-order valence-corrected chi connectivity index (χ0v) is 10.4. The normalized spacial score (nSPS) is 11.5. The molecule has 1 aromatic carbocycles. The number of nitrogens with one attached hydrogen (secondary N) is 1. The molecule has 2 N–H and O–H groups in total. The minimum atomic E-state index is -1.10. The number of carboxylic acid groups (broad SMARTS) is 1. The molecule has 0 bridgehead atoms. The fourth-order valence-corrected chi connectivity index (χ4v) is 1.28. The minimum absolute atomic E-state index is 0.277. The standard InChI is InChI=1S/C12H15NO5/c1-7(12(15)16)13-11(14)8-4-9(17-2)6-10(5-8)18-3/h4-7H,1-3H3,(H,13,14)(H,15,16). The van der Waals surface area contributed by atoms with Crippen LogP contribution in [0, 0.1) is 0 Å². The fraction of sp³-hybridized carbons (Fsp3) is 0.333. The van der Waals surface area contributed by atoms with E-state index in [4.69, 9.17) is 14.6 Å². The lowest BCUT2D eigenvalue weighted by Crippen LogP contribution is -2.38. The van der Waals surface area contributed by atoms with Gasteiger partial charge in [-0.05, 0) is 19.1 Å². The molecule has 6 heteroatoms. The molecule has 0 aliphatic rings. The van der Waals surface area contributed by atoms with Crippen molar-refractivity contribution in [2.75, 3.05) is 14.2 Å². The second kappa shape index (κ2) is 5.90. The van der Waals surface area contributed by atoms with Crippen molar-refractivity contribution in [2.24, 2.45) is 0 Å². The van der Waals surface area contributed by atoms with E-state index in [2.05, 4.69) is 5.32 Å². The molecule has 1 atom stereocenters. The molecule has 0 saturated heterocycles. The van der Waals surface area contributed by atoms with E-state index in [1.807, 2.05) is 0 Å². The number of hydrogen-bond acceptors (Lipinski definition) is 4. The smallest absolute Gasteiger partial charge is 0.325 e. The Labute approximate surface area is 105 Å². The van der Waals surface area contributed by atoms with Crippen LogP contribution in [-0.2, 0) is 4.79 Å². The molecule has 1 unspecified atom stereocenters. The van der Waals surface area contributed by atoms with Crippen LogP contribution in [0.25, 0.3) is 0 Å². The summed E-state index contributed by atoms with van der Waals surface area (Å²) in [6, 6.07) is 3.67. The van der Waals surface area contributed by atoms with Gasteiger partial charge in [-0.25, -0.2) is 0 Å². The summed E-state index contributed by atoms with van der Waals surface area (Å²) >= 11 is 0. The Hall–Kier alpha value is -2.24. The predicted molar refractivity (Wildman–Crippen MR) is 64.1 cm³/mol. The van der Waals surface area contributed by atoms with Crippen LogP contribution in [-0.4, -0.2) is 37.2 Å². The largest absolute Gasteiger partial charge is 0.497 e. The first kappa shape index (κ1) is 13.8. The zero-order valence-electron chi connectivity index (χ0n) is 10.4. The van der Waals surface area contributed by atoms with E-state index in [0.717, 1.165) is 0 Å². The Balaban J connectivity index is 2.94. The van der Waals surface area contributed by atoms with Crippen LogP contribution in [0.3, 0.4) is 0 Å². The van der Waals surface area contributed by atoms with Crippen LogP contribution in [0.1, 0.15) is 17.3 Å². The van der Waals surface area contributed by atoms with E-state index < -0.39 is 17.9 Å². The van der Waals surface area contributed by atoms with Crippen molar-refractivity contribution in [2.45, 2.75) is 13.0 Å². The van der Waals surface area contributed by atoms with Crippen LogP contribution < -0.4 is 14.8 Å². The average molecular weight is 253 g/mol. The van der Waals surface area contributed by atoms with Crippen molar-refractivity contribution in [1.82, 2.24) is 5.32 Å². The second-order valence-corrected chi connectivity index (χ2v) is 3.63. The van der Waals surface area contributed by atoms with Gasteiger partial charge in [0, 0.05) is 11.6 Å². The van der Waals surface area contributed by atoms with E-state index in [9.17, 15) is 9.59 Å². The quantitative estimate of drug-likeness (QED) is 0.814. The summed E-state index contributed by atoms with van der Waals surface area (Å²) in [4.78, 5) is 22.5. The number of carbonyl (C=O) groups excluding carboxylic acids is 1. The first-order valence-corrected chi connectivity index (χ1v) is 5.24. The molecule has 0 spiro atoms. The highest BCUT2D eigenvalue weighted by Gasteiger charge is 2.16. The van der Waals surface area contributed by atoms with Gasteiger partial charge in [-0.15, -0.1) is 0 Å². The van der Waals surface area contributed by atoms with Gasteiger partial charge in [-0.2, -0.15) is 0 Å². The second-order valence-electron chi connectivity index (χ2n) is 3.63. The molecule has 98 valence electrons. The zero-order chi connectivity index (χ0) is 13.7. The third kappa shape index (κ3) is 3.38. The van der Waals surface area contributed by atoms with Crippen molar-refractivity contribution < 1.29 is 24.2 Å². The van der Waals surface area contributed by atoms with Gasteiger partial charge in [0.05, 0.1) is 14.2 Å². The molecule has 0 fully saturated rings. The summed E-state index contributed by atoms with van der Waals surface area (Å²) in [5, 5.41) is 11.1. The summed E-state index contributed by atoms with van der Waals surface area (Å²) in [6.07, 6.45) is 0. The molecule has 6 nitrogen and oxygen atoms in total. The monoisotopic (exact) mass is 253 g/mol. The minimum Gasteiger partial charge on any atom is -0.497 e. The van der Waals surface area contributed by atoms with Gasteiger partial charge >= 0.3 is 5.97 Å². The highest BCUT2D eigenvalue weighted by atomic mass is 16.5. The molecule has 1 aromatic rings. The molecule has 1 amide bonds. The van der Waals surface area contributed by atoms with Gasteiger partial charge < -0.3 is 19.9 Å². The van der Waals surface area contributed by atoms with E-state index in [-0.39, 0.29) is 5.56 Å². The Bertz CT molecular complexity index is 436. The van der Waals surface area contributed by atoms with E-state index in [0.29, 0.717) is 11.5 Å². The maximum absolute atomic E-state index is 11.8. The first-order chi connectivity index (χ1) is 8.47. The molecular weight excluding hydrogens is 238 g/mol. The molecule has 0 aliphatic heterocycles. The number of aliphatic carboxylic acids is 1. The molecule has 0 radical (unpaired) electrons. The number of ether oxygens (including phenoxy) is 2. The van der Waals surface area contributed by atoms with Crippen molar-refractivity contribution in [3.8, 4) is 11.5 Å². The maximum Gasteiger partial charge on any atom is 0.325 e. The van der Waals surface area contributed by atoms with Crippen LogP contribution in [0.5, 0.6) is 11.5 Å². The third-order valence-electron chi connectivity index (χ3n) is 2.33. The predicted octanol–water partition coefficient (Wildman–Crippen LogP) is 0.907. The van der Waals surface area contributed by atoms with Crippen LogP contribution >= 0.6 is 0 Å². The van der Waals surface area contributed by atoms with Crippen molar-refractivity contribution in [1.29, 1.82) is 0 Å². The van der Waals surface area contributed by atoms with Gasteiger partial charge in [0.15, 0.2) is 0 Å². The summed E-state index contributed by atoms with van der Waals surface area (Å²) in [5.74, 6) is -0.676. The van der Waals surface area contributed by atoms with Crippen LogP contribution in [0.4, 0.5) is 0 Å². The molecule has 18 heavy (non-hydrogen) atoms. The van der Waals surface area contributed by atoms with Crippen LogP contribution in [0.2, 0.25) is 0 Å². The van der Waals surface area contributed by atoms with Crippen molar-refractivity contribution in [3.05, 3.63) is 23.8 Å². The molecule has 0 aliphatic carbocycles. The lowest BCUT2D eigenvalue weighted by molar-refractivity contribution is -0.138.